The van der Waals surface area contributed by atoms with Gasteiger partial charge in [-0.25, -0.2) is 0 Å². The summed E-state index contributed by atoms with van der Waals surface area (Å²) in [5.74, 6) is 0. The van der Waals surface area contributed by atoms with Gasteiger partial charge in [-0.2, -0.15) is 0 Å². The standard InChI is InChI=1S/C8H17NO2/c1-2-4-10-5-3-9-8-6-11-7-8/h8-9H,2-7H2,1H3. The Bertz CT molecular complexity index is 94.1. The van der Waals surface area contributed by atoms with E-state index < -0.39 is 0 Å². The van der Waals surface area contributed by atoms with Crippen LogP contribution in [0.5, 0.6) is 0 Å². The molecule has 1 fully saturated rings. The van der Waals surface area contributed by atoms with Crippen LogP contribution in [-0.2, 0) is 9.47 Å². The van der Waals surface area contributed by atoms with Crippen molar-refractivity contribution in [2.24, 2.45) is 0 Å². The highest BCUT2D eigenvalue weighted by atomic mass is 16.5. The van der Waals surface area contributed by atoms with Crippen molar-refractivity contribution in [2.75, 3.05) is 33.0 Å². The van der Waals surface area contributed by atoms with E-state index in [0.717, 1.165) is 39.4 Å². The van der Waals surface area contributed by atoms with Gasteiger partial charge >= 0.3 is 0 Å². The van der Waals surface area contributed by atoms with Crippen molar-refractivity contribution < 1.29 is 9.47 Å². The third-order valence-electron chi connectivity index (χ3n) is 1.67. The molecule has 11 heavy (non-hydrogen) atoms. The van der Waals surface area contributed by atoms with Crippen LogP contribution in [-0.4, -0.2) is 39.0 Å². The van der Waals surface area contributed by atoms with Crippen molar-refractivity contribution in [3.8, 4) is 0 Å². The lowest BCUT2D eigenvalue weighted by Gasteiger charge is -2.26. The minimum absolute atomic E-state index is 0.584. The monoisotopic (exact) mass is 159 g/mol. The Morgan fingerprint density at radius 1 is 1.45 bits per heavy atom. The first-order valence-electron chi connectivity index (χ1n) is 4.32. The van der Waals surface area contributed by atoms with Crippen molar-refractivity contribution in [1.29, 1.82) is 0 Å². The lowest BCUT2D eigenvalue weighted by Crippen LogP contribution is -2.46. The van der Waals surface area contributed by atoms with Crippen LogP contribution in [0.4, 0.5) is 0 Å². The fraction of sp³-hybridized carbons (Fsp3) is 1.00. The minimum Gasteiger partial charge on any atom is -0.380 e. The zero-order chi connectivity index (χ0) is 7.94. The number of ether oxygens (including phenoxy) is 2. The normalized spacial score (nSPS) is 18.3. The van der Waals surface area contributed by atoms with Crippen molar-refractivity contribution in [3.05, 3.63) is 0 Å². The number of hydrogen-bond acceptors (Lipinski definition) is 3. The van der Waals surface area contributed by atoms with Gasteiger partial charge in [0.25, 0.3) is 0 Å². The van der Waals surface area contributed by atoms with Crippen molar-refractivity contribution in [3.63, 3.8) is 0 Å². The fourth-order valence-electron chi connectivity index (χ4n) is 0.935. The second kappa shape index (κ2) is 5.52. The molecule has 1 aliphatic heterocycles. The summed E-state index contributed by atoms with van der Waals surface area (Å²) in [4.78, 5) is 0. The summed E-state index contributed by atoms with van der Waals surface area (Å²) < 4.78 is 10.3. The topological polar surface area (TPSA) is 30.5 Å². The molecule has 0 aromatic rings. The average Bonchev–Trinajstić information content (AvgIpc) is 1.93. The number of hydrogen-bond donors (Lipinski definition) is 1. The molecule has 1 N–H and O–H groups in total. The van der Waals surface area contributed by atoms with Gasteiger partial charge in [-0.3, -0.25) is 0 Å². The maximum atomic E-state index is 5.30. The smallest absolute Gasteiger partial charge is 0.0643 e. The SMILES string of the molecule is CCCOCCNC1COC1. The van der Waals surface area contributed by atoms with Gasteiger partial charge in [0.05, 0.1) is 25.9 Å². The van der Waals surface area contributed by atoms with Gasteiger partial charge in [-0.1, -0.05) is 6.92 Å². The Hall–Kier alpha value is -0.120. The van der Waals surface area contributed by atoms with Gasteiger partial charge in [-0.05, 0) is 6.42 Å². The quantitative estimate of drug-likeness (QED) is 0.569. The highest BCUT2D eigenvalue weighted by molar-refractivity contribution is 4.71. The third-order valence-corrected chi connectivity index (χ3v) is 1.67. The van der Waals surface area contributed by atoms with Crippen LogP contribution >= 0.6 is 0 Å². The highest BCUT2D eigenvalue weighted by Crippen LogP contribution is 1.97. The van der Waals surface area contributed by atoms with E-state index in [4.69, 9.17) is 9.47 Å². The molecule has 0 atom stereocenters. The molecular formula is C8H17NO2. The predicted octanol–water partition coefficient (Wildman–Crippen LogP) is 0.401. The molecule has 0 spiro atoms. The van der Waals surface area contributed by atoms with Crippen LogP contribution in [0.25, 0.3) is 0 Å². The van der Waals surface area contributed by atoms with Crippen LogP contribution in [0, 0.1) is 0 Å². The predicted molar refractivity (Wildman–Crippen MR) is 43.7 cm³/mol. The van der Waals surface area contributed by atoms with E-state index in [1.807, 2.05) is 0 Å². The Kier molecular flexibility index (Phi) is 4.50. The number of rotatable bonds is 6. The summed E-state index contributed by atoms with van der Waals surface area (Å²) in [5, 5.41) is 3.33. The molecule has 3 nitrogen and oxygen atoms in total. The van der Waals surface area contributed by atoms with E-state index >= 15 is 0 Å². The van der Waals surface area contributed by atoms with E-state index in [0.29, 0.717) is 6.04 Å². The van der Waals surface area contributed by atoms with Gasteiger partial charge in [0.2, 0.25) is 0 Å². The molecule has 0 aromatic carbocycles. The van der Waals surface area contributed by atoms with Crippen LogP contribution in [0.2, 0.25) is 0 Å². The summed E-state index contributed by atoms with van der Waals surface area (Å²) >= 11 is 0. The van der Waals surface area contributed by atoms with Crippen molar-refractivity contribution in [2.45, 2.75) is 19.4 Å². The first-order chi connectivity index (χ1) is 5.43. The van der Waals surface area contributed by atoms with Gasteiger partial charge in [-0.15, -0.1) is 0 Å². The van der Waals surface area contributed by atoms with Crippen molar-refractivity contribution >= 4 is 0 Å². The van der Waals surface area contributed by atoms with E-state index in [1.54, 1.807) is 0 Å². The van der Waals surface area contributed by atoms with Crippen LogP contribution in [0.3, 0.4) is 0 Å². The second-order valence-corrected chi connectivity index (χ2v) is 2.80. The van der Waals surface area contributed by atoms with E-state index in [1.165, 1.54) is 0 Å². The summed E-state index contributed by atoms with van der Waals surface area (Å²) in [6, 6.07) is 0.584. The van der Waals surface area contributed by atoms with Crippen LogP contribution in [0.1, 0.15) is 13.3 Å². The maximum absolute atomic E-state index is 5.30. The third kappa shape index (κ3) is 3.70. The van der Waals surface area contributed by atoms with Gasteiger partial charge in [0.15, 0.2) is 0 Å². The molecule has 0 saturated carbocycles. The minimum atomic E-state index is 0.584. The van der Waals surface area contributed by atoms with E-state index in [-0.39, 0.29) is 0 Å². The molecule has 66 valence electrons. The first-order valence-corrected chi connectivity index (χ1v) is 4.32. The molecule has 0 aromatic heterocycles. The largest absolute Gasteiger partial charge is 0.380 e. The number of nitrogens with one attached hydrogen (secondary N) is 1. The summed E-state index contributed by atoms with van der Waals surface area (Å²) in [5.41, 5.74) is 0. The molecular weight excluding hydrogens is 142 g/mol. The van der Waals surface area contributed by atoms with E-state index in [9.17, 15) is 0 Å². The Labute approximate surface area is 68.1 Å². The second-order valence-electron chi connectivity index (χ2n) is 2.80. The van der Waals surface area contributed by atoms with Crippen LogP contribution in [0.15, 0.2) is 0 Å². The zero-order valence-corrected chi connectivity index (χ0v) is 7.14. The summed E-state index contributed by atoms with van der Waals surface area (Å²) in [6.07, 6.45) is 1.10. The fourth-order valence-corrected chi connectivity index (χ4v) is 0.935. The Morgan fingerprint density at radius 2 is 2.27 bits per heavy atom. The summed E-state index contributed by atoms with van der Waals surface area (Å²) in [7, 11) is 0. The average molecular weight is 159 g/mol. The molecule has 0 amide bonds. The molecule has 1 aliphatic rings. The lowest BCUT2D eigenvalue weighted by atomic mass is 10.2. The van der Waals surface area contributed by atoms with Crippen molar-refractivity contribution in [1.82, 2.24) is 5.32 Å². The first kappa shape index (κ1) is 8.97. The Morgan fingerprint density at radius 3 is 2.82 bits per heavy atom. The Balaban J connectivity index is 1.73. The molecule has 1 saturated heterocycles. The molecule has 1 heterocycles. The maximum Gasteiger partial charge on any atom is 0.0643 e. The molecule has 1 rings (SSSR count). The lowest BCUT2D eigenvalue weighted by molar-refractivity contribution is -0.00811. The molecule has 0 unspecified atom stereocenters. The highest BCUT2D eigenvalue weighted by Gasteiger charge is 2.16. The van der Waals surface area contributed by atoms with Gasteiger partial charge < -0.3 is 14.8 Å². The van der Waals surface area contributed by atoms with Gasteiger partial charge in [0, 0.05) is 13.2 Å². The van der Waals surface area contributed by atoms with Gasteiger partial charge in [0.1, 0.15) is 0 Å². The molecule has 0 bridgehead atoms. The zero-order valence-electron chi connectivity index (χ0n) is 7.14. The van der Waals surface area contributed by atoms with E-state index in [2.05, 4.69) is 12.2 Å². The molecule has 0 radical (unpaired) electrons. The molecule has 0 aliphatic carbocycles. The molecule has 3 heteroatoms. The summed E-state index contributed by atoms with van der Waals surface area (Å²) in [6.45, 7) is 6.51. The van der Waals surface area contributed by atoms with Crippen LogP contribution < -0.4 is 5.32 Å².